The van der Waals surface area contributed by atoms with Crippen molar-refractivity contribution in [1.29, 1.82) is 0 Å². The predicted octanol–water partition coefficient (Wildman–Crippen LogP) is 3.82. The molecule has 19 heavy (non-hydrogen) atoms. The molecule has 2 aromatic rings. The Balaban J connectivity index is 1.94. The van der Waals surface area contributed by atoms with Gasteiger partial charge >= 0.3 is 0 Å². The standard InChI is InChI=1S/C13H16BrN3OS/c1-8(2)5-12-16-17-13(19-12)15-7-9-3-4-11(18)10(14)6-9/h3-4,6,8,18H,5,7H2,1-2H3,(H,15,17). The minimum Gasteiger partial charge on any atom is -0.507 e. The van der Waals surface area contributed by atoms with E-state index < -0.39 is 0 Å². The van der Waals surface area contributed by atoms with Gasteiger partial charge in [-0.1, -0.05) is 31.3 Å². The van der Waals surface area contributed by atoms with Crippen LogP contribution in [-0.2, 0) is 13.0 Å². The molecule has 102 valence electrons. The summed E-state index contributed by atoms with van der Waals surface area (Å²) in [4.78, 5) is 0. The zero-order chi connectivity index (χ0) is 13.8. The number of phenolic OH excluding ortho intramolecular Hbond substituents is 1. The lowest BCUT2D eigenvalue weighted by atomic mass is 10.1. The fourth-order valence-corrected chi connectivity index (χ4v) is 2.97. The first-order valence-corrected chi connectivity index (χ1v) is 7.69. The highest BCUT2D eigenvalue weighted by Gasteiger charge is 2.06. The van der Waals surface area contributed by atoms with Gasteiger partial charge in [0.15, 0.2) is 0 Å². The molecule has 1 aromatic heterocycles. The summed E-state index contributed by atoms with van der Waals surface area (Å²) in [6, 6.07) is 5.44. The van der Waals surface area contributed by atoms with Gasteiger partial charge in [0, 0.05) is 13.0 Å². The van der Waals surface area contributed by atoms with Crippen molar-refractivity contribution in [3.8, 4) is 5.75 Å². The minimum atomic E-state index is 0.249. The maximum Gasteiger partial charge on any atom is 0.205 e. The molecule has 4 nitrogen and oxygen atoms in total. The molecule has 0 saturated carbocycles. The molecule has 2 rings (SSSR count). The van der Waals surface area contributed by atoms with Crippen molar-refractivity contribution in [2.75, 3.05) is 5.32 Å². The number of aromatic nitrogens is 2. The summed E-state index contributed by atoms with van der Waals surface area (Å²) in [5.74, 6) is 0.840. The highest BCUT2D eigenvalue weighted by molar-refractivity contribution is 9.10. The second-order valence-corrected chi connectivity index (χ2v) is 6.65. The molecule has 2 N–H and O–H groups in total. The molecule has 0 aliphatic carbocycles. The summed E-state index contributed by atoms with van der Waals surface area (Å²) in [6.45, 7) is 5.00. The lowest BCUT2D eigenvalue weighted by Gasteiger charge is -2.04. The first-order chi connectivity index (χ1) is 9.04. The topological polar surface area (TPSA) is 58.0 Å². The second kappa shape index (κ2) is 6.34. The lowest BCUT2D eigenvalue weighted by molar-refractivity contribution is 0.471. The zero-order valence-corrected chi connectivity index (χ0v) is 13.3. The third-order valence-electron chi connectivity index (χ3n) is 2.51. The Bertz CT molecular complexity index is 557. The SMILES string of the molecule is CC(C)Cc1nnc(NCc2ccc(O)c(Br)c2)s1. The number of phenols is 1. The molecular weight excluding hydrogens is 326 g/mol. The first kappa shape index (κ1) is 14.3. The largest absolute Gasteiger partial charge is 0.507 e. The molecule has 0 aliphatic rings. The third kappa shape index (κ3) is 4.18. The molecule has 1 aromatic carbocycles. The van der Waals surface area contributed by atoms with Gasteiger partial charge in [-0.05, 0) is 39.5 Å². The number of benzene rings is 1. The first-order valence-electron chi connectivity index (χ1n) is 6.08. The molecule has 0 amide bonds. The van der Waals surface area contributed by atoms with Crippen molar-refractivity contribution in [3.05, 3.63) is 33.2 Å². The Morgan fingerprint density at radius 3 is 2.84 bits per heavy atom. The molecule has 0 bridgehead atoms. The highest BCUT2D eigenvalue weighted by atomic mass is 79.9. The molecule has 0 aliphatic heterocycles. The number of nitrogens with one attached hydrogen (secondary N) is 1. The Morgan fingerprint density at radius 2 is 2.16 bits per heavy atom. The van der Waals surface area contributed by atoms with Gasteiger partial charge in [-0.3, -0.25) is 0 Å². The normalized spacial score (nSPS) is 10.9. The smallest absolute Gasteiger partial charge is 0.205 e. The number of nitrogens with zero attached hydrogens (tertiary/aromatic N) is 2. The van der Waals surface area contributed by atoms with Gasteiger partial charge in [-0.25, -0.2) is 0 Å². The van der Waals surface area contributed by atoms with Crippen molar-refractivity contribution in [1.82, 2.24) is 10.2 Å². The summed E-state index contributed by atoms with van der Waals surface area (Å²) < 4.78 is 0.699. The number of hydrogen-bond acceptors (Lipinski definition) is 5. The van der Waals surface area contributed by atoms with Crippen LogP contribution in [0.1, 0.15) is 24.4 Å². The molecule has 0 atom stereocenters. The average molecular weight is 342 g/mol. The van der Waals surface area contributed by atoms with Crippen LogP contribution in [0.15, 0.2) is 22.7 Å². The Hall–Kier alpha value is -1.14. The lowest BCUT2D eigenvalue weighted by Crippen LogP contribution is -1.98. The number of rotatable bonds is 5. The van der Waals surface area contributed by atoms with Crippen molar-refractivity contribution in [3.63, 3.8) is 0 Å². The van der Waals surface area contributed by atoms with Crippen LogP contribution in [0.25, 0.3) is 0 Å². The Labute approximate surface area is 125 Å². The molecule has 1 heterocycles. The van der Waals surface area contributed by atoms with E-state index in [1.54, 1.807) is 17.4 Å². The van der Waals surface area contributed by atoms with Gasteiger partial charge in [-0.15, -0.1) is 10.2 Å². The van der Waals surface area contributed by atoms with Crippen molar-refractivity contribution < 1.29 is 5.11 Å². The predicted molar refractivity (Wildman–Crippen MR) is 81.6 cm³/mol. The number of aromatic hydroxyl groups is 1. The van der Waals surface area contributed by atoms with E-state index in [1.807, 2.05) is 12.1 Å². The molecule has 0 spiro atoms. The van der Waals surface area contributed by atoms with E-state index >= 15 is 0 Å². The minimum absolute atomic E-state index is 0.249. The Kier molecular flexibility index (Phi) is 4.76. The van der Waals surface area contributed by atoms with Gasteiger partial charge in [0.25, 0.3) is 0 Å². The van der Waals surface area contributed by atoms with Crippen molar-refractivity contribution in [2.24, 2.45) is 5.92 Å². The van der Waals surface area contributed by atoms with Gasteiger partial charge < -0.3 is 10.4 Å². The second-order valence-electron chi connectivity index (χ2n) is 4.74. The third-order valence-corrected chi connectivity index (χ3v) is 4.04. The average Bonchev–Trinajstić information content (AvgIpc) is 2.77. The van der Waals surface area contributed by atoms with E-state index in [9.17, 15) is 5.11 Å². The van der Waals surface area contributed by atoms with Crippen LogP contribution >= 0.6 is 27.3 Å². The molecule has 0 unspecified atom stereocenters. The van der Waals surface area contributed by atoms with E-state index in [2.05, 4.69) is 45.3 Å². The van der Waals surface area contributed by atoms with Crippen LogP contribution in [0.5, 0.6) is 5.75 Å². The number of halogens is 1. The number of hydrogen-bond donors (Lipinski definition) is 2. The maximum atomic E-state index is 9.43. The van der Waals surface area contributed by atoms with Crippen LogP contribution in [0.2, 0.25) is 0 Å². The van der Waals surface area contributed by atoms with Gasteiger partial charge in [0.05, 0.1) is 4.47 Å². The van der Waals surface area contributed by atoms with E-state index in [4.69, 9.17) is 0 Å². The molecular formula is C13H16BrN3OS. The van der Waals surface area contributed by atoms with Gasteiger partial charge in [0.2, 0.25) is 5.13 Å². The zero-order valence-electron chi connectivity index (χ0n) is 10.9. The van der Waals surface area contributed by atoms with E-state index in [1.165, 1.54) is 0 Å². The Morgan fingerprint density at radius 1 is 1.37 bits per heavy atom. The van der Waals surface area contributed by atoms with Crippen LogP contribution in [0, 0.1) is 5.92 Å². The fourth-order valence-electron chi connectivity index (χ4n) is 1.59. The van der Waals surface area contributed by atoms with E-state index in [0.29, 0.717) is 16.9 Å². The summed E-state index contributed by atoms with van der Waals surface area (Å²) >= 11 is 4.89. The van der Waals surface area contributed by atoms with Crippen molar-refractivity contribution in [2.45, 2.75) is 26.8 Å². The van der Waals surface area contributed by atoms with Gasteiger partial charge in [0.1, 0.15) is 10.8 Å². The molecule has 0 radical (unpaired) electrons. The summed E-state index contributed by atoms with van der Waals surface area (Å²) in [7, 11) is 0. The van der Waals surface area contributed by atoms with Gasteiger partial charge in [-0.2, -0.15) is 0 Å². The van der Waals surface area contributed by atoms with Crippen molar-refractivity contribution >= 4 is 32.4 Å². The maximum absolute atomic E-state index is 9.43. The summed E-state index contributed by atoms with van der Waals surface area (Å²) in [5, 5.41) is 22.8. The van der Waals surface area contributed by atoms with Crippen LogP contribution in [0.3, 0.4) is 0 Å². The fraction of sp³-hybridized carbons (Fsp3) is 0.385. The van der Waals surface area contributed by atoms with E-state index in [0.717, 1.165) is 22.1 Å². The molecule has 6 heteroatoms. The molecule has 0 fully saturated rings. The van der Waals surface area contributed by atoms with E-state index in [-0.39, 0.29) is 5.75 Å². The summed E-state index contributed by atoms with van der Waals surface area (Å²) in [5.41, 5.74) is 1.07. The monoisotopic (exact) mass is 341 g/mol. The molecule has 0 saturated heterocycles. The summed E-state index contributed by atoms with van der Waals surface area (Å²) in [6.07, 6.45) is 0.962. The highest BCUT2D eigenvalue weighted by Crippen LogP contribution is 2.25. The number of anilines is 1. The van der Waals surface area contributed by atoms with Crippen LogP contribution < -0.4 is 5.32 Å². The van der Waals surface area contributed by atoms with Crippen LogP contribution in [0.4, 0.5) is 5.13 Å². The van der Waals surface area contributed by atoms with Crippen LogP contribution in [-0.4, -0.2) is 15.3 Å². The quantitative estimate of drug-likeness (QED) is 0.867.